The summed E-state index contributed by atoms with van der Waals surface area (Å²) in [4.78, 5) is 13.9. The van der Waals surface area contributed by atoms with Crippen molar-refractivity contribution < 1.29 is 9.53 Å². The average Bonchev–Trinajstić information content (AvgIpc) is 2.20. The number of rotatable bonds is 3. The van der Waals surface area contributed by atoms with Crippen LogP contribution in [0.5, 0.6) is 0 Å². The molecule has 0 aliphatic carbocycles. The quantitative estimate of drug-likeness (QED) is 0.671. The standard InChI is InChI=1S/C12H23NO2/c1-12(2,11(14)15-4)9-10-5-7-13(3)8-6-10/h10H,5-9H2,1-4H3. The number of ether oxygens (including phenoxy) is 1. The molecule has 0 aromatic heterocycles. The number of methoxy groups -OCH3 is 1. The molecule has 3 heteroatoms. The molecule has 0 atom stereocenters. The maximum Gasteiger partial charge on any atom is 0.311 e. The summed E-state index contributed by atoms with van der Waals surface area (Å²) in [6, 6.07) is 0. The fourth-order valence-electron chi connectivity index (χ4n) is 2.35. The number of carbonyl (C=O) groups excluding carboxylic acids is 1. The molecule has 15 heavy (non-hydrogen) atoms. The van der Waals surface area contributed by atoms with E-state index in [-0.39, 0.29) is 11.4 Å². The molecule has 0 amide bonds. The normalized spacial score (nSPS) is 20.3. The van der Waals surface area contributed by atoms with Crippen LogP contribution in [0.2, 0.25) is 0 Å². The van der Waals surface area contributed by atoms with Crippen molar-refractivity contribution >= 4 is 5.97 Å². The Morgan fingerprint density at radius 3 is 2.40 bits per heavy atom. The molecular formula is C12H23NO2. The number of esters is 1. The number of likely N-dealkylation sites (tertiary alicyclic amines) is 1. The van der Waals surface area contributed by atoms with Crippen LogP contribution >= 0.6 is 0 Å². The van der Waals surface area contributed by atoms with Crippen molar-refractivity contribution in [2.45, 2.75) is 33.1 Å². The van der Waals surface area contributed by atoms with Gasteiger partial charge < -0.3 is 9.64 Å². The van der Waals surface area contributed by atoms with E-state index in [1.54, 1.807) is 0 Å². The summed E-state index contributed by atoms with van der Waals surface area (Å²) in [5.41, 5.74) is -0.324. The first-order valence-electron chi connectivity index (χ1n) is 5.72. The van der Waals surface area contributed by atoms with Crippen molar-refractivity contribution in [3.05, 3.63) is 0 Å². The molecule has 1 fully saturated rings. The molecule has 0 N–H and O–H groups in total. The lowest BCUT2D eigenvalue weighted by Crippen LogP contribution is -2.35. The van der Waals surface area contributed by atoms with E-state index in [2.05, 4.69) is 11.9 Å². The summed E-state index contributed by atoms with van der Waals surface area (Å²) in [5, 5.41) is 0. The lowest BCUT2D eigenvalue weighted by Gasteiger charge is -2.33. The minimum absolute atomic E-state index is 0.0820. The highest BCUT2D eigenvalue weighted by Gasteiger charge is 2.32. The lowest BCUT2D eigenvalue weighted by atomic mass is 9.79. The van der Waals surface area contributed by atoms with Crippen LogP contribution in [-0.4, -0.2) is 38.1 Å². The Hall–Kier alpha value is -0.570. The van der Waals surface area contributed by atoms with Crippen LogP contribution in [0.1, 0.15) is 33.1 Å². The SMILES string of the molecule is COC(=O)C(C)(C)CC1CCN(C)CC1. The van der Waals surface area contributed by atoms with E-state index in [0.29, 0.717) is 5.92 Å². The molecule has 0 unspecified atom stereocenters. The molecule has 0 spiro atoms. The molecule has 1 rings (SSSR count). The topological polar surface area (TPSA) is 29.5 Å². The van der Waals surface area contributed by atoms with Crippen molar-refractivity contribution in [1.82, 2.24) is 4.90 Å². The van der Waals surface area contributed by atoms with Crippen molar-refractivity contribution in [3.8, 4) is 0 Å². The highest BCUT2D eigenvalue weighted by molar-refractivity contribution is 5.75. The second-order valence-corrected chi connectivity index (χ2v) is 5.33. The molecule has 88 valence electrons. The van der Waals surface area contributed by atoms with E-state index in [4.69, 9.17) is 4.74 Å². The Bertz CT molecular complexity index is 218. The number of piperidine rings is 1. The molecule has 1 heterocycles. The first-order chi connectivity index (χ1) is 6.95. The van der Waals surface area contributed by atoms with Crippen molar-refractivity contribution in [2.75, 3.05) is 27.2 Å². The molecule has 1 aliphatic rings. The molecule has 0 bridgehead atoms. The second-order valence-electron chi connectivity index (χ2n) is 5.33. The van der Waals surface area contributed by atoms with Gasteiger partial charge >= 0.3 is 5.97 Å². The van der Waals surface area contributed by atoms with Crippen LogP contribution < -0.4 is 0 Å². The zero-order chi connectivity index (χ0) is 11.5. The van der Waals surface area contributed by atoms with Gasteiger partial charge in [0.2, 0.25) is 0 Å². The van der Waals surface area contributed by atoms with Gasteiger partial charge in [-0.25, -0.2) is 0 Å². The van der Waals surface area contributed by atoms with Gasteiger partial charge in [0, 0.05) is 0 Å². The largest absolute Gasteiger partial charge is 0.469 e. The second kappa shape index (κ2) is 4.97. The molecule has 1 aliphatic heterocycles. The van der Waals surface area contributed by atoms with Crippen LogP contribution in [0.25, 0.3) is 0 Å². The van der Waals surface area contributed by atoms with Crippen LogP contribution in [0, 0.1) is 11.3 Å². The number of carbonyl (C=O) groups is 1. The summed E-state index contributed by atoms with van der Waals surface area (Å²) in [5.74, 6) is 0.594. The third-order valence-electron chi connectivity index (χ3n) is 3.38. The Morgan fingerprint density at radius 2 is 1.93 bits per heavy atom. The van der Waals surface area contributed by atoms with E-state index in [1.807, 2.05) is 13.8 Å². The number of hydrogen-bond acceptors (Lipinski definition) is 3. The smallest absolute Gasteiger partial charge is 0.311 e. The Labute approximate surface area is 92.8 Å². The summed E-state index contributed by atoms with van der Waals surface area (Å²) in [6.07, 6.45) is 3.36. The van der Waals surface area contributed by atoms with Crippen LogP contribution in [0.15, 0.2) is 0 Å². The third-order valence-corrected chi connectivity index (χ3v) is 3.38. The van der Waals surface area contributed by atoms with E-state index in [1.165, 1.54) is 20.0 Å². The van der Waals surface area contributed by atoms with Gasteiger partial charge in [-0.3, -0.25) is 4.79 Å². The van der Waals surface area contributed by atoms with Gasteiger partial charge in [-0.05, 0) is 59.2 Å². The van der Waals surface area contributed by atoms with Gasteiger partial charge in [0.1, 0.15) is 0 Å². The highest BCUT2D eigenvalue weighted by atomic mass is 16.5. The monoisotopic (exact) mass is 213 g/mol. The third kappa shape index (κ3) is 3.49. The van der Waals surface area contributed by atoms with Gasteiger partial charge in [-0.2, -0.15) is 0 Å². The predicted octanol–water partition coefficient (Wildman–Crippen LogP) is 1.92. The molecule has 0 radical (unpaired) electrons. The predicted molar refractivity (Wildman–Crippen MR) is 60.6 cm³/mol. The van der Waals surface area contributed by atoms with Crippen LogP contribution in [-0.2, 0) is 9.53 Å². The molecule has 0 aromatic carbocycles. The van der Waals surface area contributed by atoms with Crippen LogP contribution in [0.4, 0.5) is 0 Å². The van der Waals surface area contributed by atoms with E-state index >= 15 is 0 Å². The first kappa shape index (κ1) is 12.5. The molecule has 3 nitrogen and oxygen atoms in total. The zero-order valence-electron chi connectivity index (χ0n) is 10.4. The fourth-order valence-corrected chi connectivity index (χ4v) is 2.35. The Balaban J connectivity index is 2.43. The molecule has 0 aromatic rings. The maximum absolute atomic E-state index is 11.5. The fraction of sp³-hybridized carbons (Fsp3) is 0.917. The van der Waals surface area contributed by atoms with Crippen molar-refractivity contribution in [2.24, 2.45) is 11.3 Å². The lowest BCUT2D eigenvalue weighted by molar-refractivity contribution is -0.152. The zero-order valence-corrected chi connectivity index (χ0v) is 10.4. The Morgan fingerprint density at radius 1 is 1.40 bits per heavy atom. The summed E-state index contributed by atoms with van der Waals surface area (Å²) >= 11 is 0. The summed E-state index contributed by atoms with van der Waals surface area (Å²) in [6.45, 7) is 6.28. The van der Waals surface area contributed by atoms with E-state index in [0.717, 1.165) is 19.5 Å². The first-order valence-corrected chi connectivity index (χ1v) is 5.72. The molecule has 1 saturated heterocycles. The molecular weight excluding hydrogens is 190 g/mol. The molecule has 0 saturated carbocycles. The number of hydrogen-bond donors (Lipinski definition) is 0. The van der Waals surface area contributed by atoms with Gasteiger partial charge in [-0.1, -0.05) is 0 Å². The van der Waals surface area contributed by atoms with E-state index in [9.17, 15) is 4.79 Å². The Kier molecular flexibility index (Phi) is 4.14. The van der Waals surface area contributed by atoms with Gasteiger partial charge in [0.05, 0.1) is 12.5 Å². The van der Waals surface area contributed by atoms with Gasteiger partial charge in [-0.15, -0.1) is 0 Å². The van der Waals surface area contributed by atoms with Gasteiger partial charge in [0.15, 0.2) is 0 Å². The summed E-state index contributed by atoms with van der Waals surface area (Å²) < 4.78 is 4.83. The average molecular weight is 213 g/mol. The van der Waals surface area contributed by atoms with Gasteiger partial charge in [0.25, 0.3) is 0 Å². The summed E-state index contributed by atoms with van der Waals surface area (Å²) in [7, 11) is 3.63. The van der Waals surface area contributed by atoms with E-state index < -0.39 is 0 Å². The number of nitrogens with zero attached hydrogens (tertiary/aromatic N) is 1. The maximum atomic E-state index is 11.5. The minimum atomic E-state index is -0.324. The van der Waals surface area contributed by atoms with Crippen molar-refractivity contribution in [1.29, 1.82) is 0 Å². The minimum Gasteiger partial charge on any atom is -0.469 e. The van der Waals surface area contributed by atoms with Crippen molar-refractivity contribution in [3.63, 3.8) is 0 Å². The van der Waals surface area contributed by atoms with Crippen LogP contribution in [0.3, 0.4) is 0 Å². The highest BCUT2D eigenvalue weighted by Crippen LogP contribution is 2.32.